The number of benzene rings is 3. The summed E-state index contributed by atoms with van der Waals surface area (Å²) >= 11 is 0. The van der Waals surface area contributed by atoms with Crippen molar-refractivity contribution in [1.82, 2.24) is 9.55 Å². The first-order valence-corrected chi connectivity index (χ1v) is 10.4. The second-order valence-corrected chi connectivity index (χ2v) is 7.57. The summed E-state index contributed by atoms with van der Waals surface area (Å²) in [6.07, 6.45) is 7.06. The number of para-hydroxylation sites is 3. The number of pyridine rings is 2. The fraction of sp³-hybridized carbons (Fsp3) is 0. The molecule has 3 aromatic carbocycles. The van der Waals surface area contributed by atoms with Crippen LogP contribution in [0.15, 0.2) is 103 Å². The monoisotopic (exact) mass is 607 g/mol. The molecule has 0 aliphatic carbocycles. The standard InChI is InChI=1S/C28H18N3O.Pt/c32-27-12-4-3-11-25(27)30-17-7-8-21(19-30)20-14-15-23-22-9-1-2-10-24(22)31(26(23)18-20)28-13-5-6-16-29-28;/h1-17,32H;/q-1;+2. The summed E-state index contributed by atoms with van der Waals surface area (Å²) in [4.78, 5) is 4.59. The number of phenols is 1. The van der Waals surface area contributed by atoms with Crippen LogP contribution in [0.2, 0.25) is 0 Å². The van der Waals surface area contributed by atoms with E-state index in [2.05, 4.69) is 52.1 Å². The predicted molar refractivity (Wildman–Crippen MR) is 125 cm³/mol. The average Bonchev–Trinajstić information content (AvgIpc) is 3.19. The van der Waals surface area contributed by atoms with Gasteiger partial charge in [-0.3, -0.25) is 4.57 Å². The minimum atomic E-state index is 0. The Balaban J connectivity index is 0.00000228. The van der Waals surface area contributed by atoms with Gasteiger partial charge in [-0.25, -0.2) is 10.5 Å². The number of hydrogen-bond acceptors (Lipinski definition) is 2. The Bertz CT molecular complexity index is 1590. The van der Waals surface area contributed by atoms with Crippen LogP contribution in [0.3, 0.4) is 0 Å². The summed E-state index contributed by atoms with van der Waals surface area (Å²) in [5, 5.41) is 12.5. The molecule has 6 aromatic rings. The summed E-state index contributed by atoms with van der Waals surface area (Å²) in [6, 6.07) is 33.3. The molecule has 6 rings (SSSR count). The molecule has 0 spiro atoms. The van der Waals surface area contributed by atoms with Crippen LogP contribution in [0.5, 0.6) is 5.75 Å². The zero-order valence-electron chi connectivity index (χ0n) is 17.4. The normalized spacial score (nSPS) is 10.9. The van der Waals surface area contributed by atoms with E-state index in [0.717, 1.165) is 38.8 Å². The molecule has 0 aliphatic heterocycles. The molecule has 0 bridgehead atoms. The van der Waals surface area contributed by atoms with Crippen molar-refractivity contribution in [3.8, 4) is 28.4 Å². The predicted octanol–water partition coefficient (Wildman–Crippen LogP) is 5.43. The number of hydrogen-bond donors (Lipinski definition) is 1. The van der Waals surface area contributed by atoms with Gasteiger partial charge in [0.15, 0.2) is 11.4 Å². The van der Waals surface area contributed by atoms with Crippen molar-refractivity contribution in [3.05, 3.63) is 116 Å². The second kappa shape index (κ2) is 8.65. The molecule has 0 aliphatic rings. The van der Waals surface area contributed by atoms with Gasteiger partial charge in [0.05, 0.1) is 0 Å². The third-order valence-corrected chi connectivity index (χ3v) is 5.63. The van der Waals surface area contributed by atoms with E-state index in [1.807, 2.05) is 54.7 Å². The Kier molecular flexibility index (Phi) is 5.53. The summed E-state index contributed by atoms with van der Waals surface area (Å²) in [6.45, 7) is 0. The molecule has 0 fully saturated rings. The van der Waals surface area contributed by atoms with E-state index in [1.165, 1.54) is 0 Å². The van der Waals surface area contributed by atoms with Gasteiger partial charge in [0, 0.05) is 11.7 Å². The van der Waals surface area contributed by atoms with E-state index in [4.69, 9.17) is 0 Å². The Morgan fingerprint density at radius 2 is 1.58 bits per heavy atom. The van der Waals surface area contributed by atoms with Gasteiger partial charge in [-0.1, -0.05) is 47.9 Å². The number of nitrogens with zero attached hydrogens (tertiary/aromatic N) is 3. The molecule has 0 atom stereocenters. The third-order valence-electron chi connectivity index (χ3n) is 5.63. The van der Waals surface area contributed by atoms with Crippen molar-refractivity contribution in [3.63, 3.8) is 0 Å². The molecule has 1 N–H and O–H groups in total. The number of fused-ring (bicyclic) bond motifs is 3. The van der Waals surface area contributed by atoms with E-state index in [1.54, 1.807) is 22.9 Å². The molecule has 33 heavy (non-hydrogen) atoms. The molecule has 0 unspecified atom stereocenters. The maximum absolute atomic E-state index is 10.3. The van der Waals surface area contributed by atoms with Crippen molar-refractivity contribution < 1.29 is 30.7 Å². The van der Waals surface area contributed by atoms with Gasteiger partial charge in [0.25, 0.3) is 0 Å². The van der Waals surface area contributed by atoms with E-state index in [0.29, 0.717) is 5.69 Å². The van der Waals surface area contributed by atoms with Gasteiger partial charge in [0.1, 0.15) is 18.2 Å². The smallest absolute Gasteiger partial charge is 0.509 e. The first-order valence-electron chi connectivity index (χ1n) is 10.4. The minimum absolute atomic E-state index is 0. The largest absolute Gasteiger partial charge is 2.00 e. The number of rotatable bonds is 3. The van der Waals surface area contributed by atoms with Crippen molar-refractivity contribution in [2.45, 2.75) is 0 Å². The number of aromatic nitrogens is 3. The van der Waals surface area contributed by atoms with Crippen LogP contribution in [-0.2, 0) is 21.1 Å². The fourth-order valence-electron chi connectivity index (χ4n) is 4.16. The Hall–Kier alpha value is -3.75. The first-order chi connectivity index (χ1) is 15.8. The topological polar surface area (TPSA) is 41.9 Å². The molecular weight excluding hydrogens is 589 g/mol. The van der Waals surface area contributed by atoms with Gasteiger partial charge in [-0.05, 0) is 41.2 Å². The van der Waals surface area contributed by atoms with Crippen molar-refractivity contribution >= 4 is 21.8 Å². The van der Waals surface area contributed by atoms with Crippen molar-refractivity contribution in [2.75, 3.05) is 0 Å². The Morgan fingerprint density at radius 3 is 2.42 bits per heavy atom. The average molecular weight is 608 g/mol. The van der Waals surface area contributed by atoms with E-state index in [-0.39, 0.29) is 26.8 Å². The summed E-state index contributed by atoms with van der Waals surface area (Å²) in [5.41, 5.74) is 4.54. The second-order valence-electron chi connectivity index (χ2n) is 7.57. The molecule has 160 valence electrons. The van der Waals surface area contributed by atoms with Crippen LogP contribution >= 0.6 is 0 Å². The molecular formula is C28H18N3OPt+. The molecule has 3 heterocycles. The molecule has 5 heteroatoms. The van der Waals surface area contributed by atoms with E-state index in [9.17, 15) is 5.11 Å². The van der Waals surface area contributed by atoms with E-state index >= 15 is 0 Å². The van der Waals surface area contributed by atoms with Crippen LogP contribution in [0.25, 0.3) is 44.4 Å². The summed E-state index contributed by atoms with van der Waals surface area (Å²) in [7, 11) is 0. The summed E-state index contributed by atoms with van der Waals surface area (Å²) < 4.78 is 3.95. The minimum Gasteiger partial charge on any atom is -0.509 e. The quantitative estimate of drug-likeness (QED) is 0.216. The third kappa shape index (κ3) is 3.63. The zero-order valence-corrected chi connectivity index (χ0v) is 19.7. The van der Waals surface area contributed by atoms with Gasteiger partial charge in [-0.15, -0.1) is 11.6 Å². The van der Waals surface area contributed by atoms with Crippen molar-refractivity contribution in [2.24, 2.45) is 0 Å². The van der Waals surface area contributed by atoms with Gasteiger partial charge in [-0.2, -0.15) is 18.2 Å². The SMILES string of the molecule is Oc1ccccc1-[n+]1[c-]c(-c2[c-]c3c(cc2)c2ccccc2n3-c2ccccn2)ccc1.[Pt+2]. The van der Waals surface area contributed by atoms with Crippen molar-refractivity contribution in [1.29, 1.82) is 0 Å². The first kappa shape index (κ1) is 21.1. The zero-order chi connectivity index (χ0) is 21.5. The maximum atomic E-state index is 10.3. The van der Waals surface area contributed by atoms with Gasteiger partial charge in [0.2, 0.25) is 0 Å². The molecule has 0 radical (unpaired) electrons. The Morgan fingerprint density at radius 1 is 0.758 bits per heavy atom. The van der Waals surface area contributed by atoms with Crippen LogP contribution < -0.4 is 4.57 Å². The van der Waals surface area contributed by atoms with Crippen LogP contribution in [0.1, 0.15) is 0 Å². The van der Waals surface area contributed by atoms with Crippen LogP contribution in [0.4, 0.5) is 0 Å². The Labute approximate surface area is 205 Å². The molecule has 4 nitrogen and oxygen atoms in total. The summed E-state index contributed by atoms with van der Waals surface area (Å²) in [5.74, 6) is 1.06. The maximum Gasteiger partial charge on any atom is 2.00 e. The molecule has 0 saturated carbocycles. The molecule has 0 saturated heterocycles. The van der Waals surface area contributed by atoms with E-state index < -0.39 is 0 Å². The number of aromatic hydroxyl groups is 1. The van der Waals surface area contributed by atoms with Crippen LogP contribution in [0, 0.1) is 12.3 Å². The number of phenolic OH excluding ortho intramolecular Hbond substituents is 1. The molecule has 3 aromatic heterocycles. The van der Waals surface area contributed by atoms with Crippen LogP contribution in [-0.4, -0.2) is 14.7 Å². The molecule has 0 amide bonds. The van der Waals surface area contributed by atoms with Gasteiger partial charge < -0.3 is 9.67 Å². The fourth-order valence-corrected chi connectivity index (χ4v) is 4.16. The van der Waals surface area contributed by atoms with Gasteiger partial charge >= 0.3 is 21.1 Å².